The van der Waals surface area contributed by atoms with Crippen LogP contribution < -0.4 is 20.9 Å². The van der Waals surface area contributed by atoms with Gasteiger partial charge >= 0.3 is 0 Å². The van der Waals surface area contributed by atoms with Gasteiger partial charge in [-0.3, -0.25) is 9.59 Å². The van der Waals surface area contributed by atoms with E-state index in [4.69, 9.17) is 39.9 Å². The molecule has 1 aliphatic carbocycles. The van der Waals surface area contributed by atoms with Gasteiger partial charge in [0.1, 0.15) is 36.2 Å². The lowest BCUT2D eigenvalue weighted by atomic mass is 9.78. The summed E-state index contributed by atoms with van der Waals surface area (Å²) in [6.07, 6.45) is 0. The van der Waals surface area contributed by atoms with Gasteiger partial charge < -0.3 is 50.1 Å². The first-order valence-corrected chi connectivity index (χ1v) is 16.4. The highest BCUT2D eigenvalue weighted by molar-refractivity contribution is 6.34. The highest BCUT2D eigenvalue weighted by Crippen LogP contribution is 2.48. The number of carbonyl (C=O) groups excluding carboxylic acids is 2. The number of anilines is 2. The standard InChI is InChI=1S/C38H42N2O10/c1-3-45-13-15-47-17-19-49-25-9-5-23(6-10-25)27-21-29(39)31-33(35(27)41)37(43)32-30(40)22-28(36(42)34(32)38(31)44)24-7-11-26(12-8-24)50-20-18-48-16-14-46-4-2/h5-12,21-22,41-42H,3-4,13-20,39-40H2,1-2H3. The molecule has 1 aliphatic rings. The number of ether oxygens (including phenoxy) is 6. The van der Waals surface area contributed by atoms with Gasteiger partial charge in [0.15, 0.2) is 0 Å². The molecule has 0 heterocycles. The Bertz CT molecular complexity index is 1670. The summed E-state index contributed by atoms with van der Waals surface area (Å²) in [5.41, 5.74) is 13.3. The molecular weight excluding hydrogens is 644 g/mol. The molecule has 0 radical (unpaired) electrons. The van der Waals surface area contributed by atoms with E-state index in [0.29, 0.717) is 88.7 Å². The Morgan fingerprint density at radius 1 is 0.500 bits per heavy atom. The molecule has 4 aromatic carbocycles. The molecule has 0 amide bonds. The molecule has 12 heteroatoms. The Morgan fingerprint density at radius 3 is 1.20 bits per heavy atom. The van der Waals surface area contributed by atoms with Crippen molar-refractivity contribution in [3.63, 3.8) is 0 Å². The molecule has 0 atom stereocenters. The van der Waals surface area contributed by atoms with E-state index >= 15 is 0 Å². The van der Waals surface area contributed by atoms with E-state index in [-0.39, 0.29) is 44.8 Å². The number of rotatable bonds is 18. The third-order valence-electron chi connectivity index (χ3n) is 8.04. The van der Waals surface area contributed by atoms with Gasteiger partial charge in [0.2, 0.25) is 11.6 Å². The maximum Gasteiger partial charge on any atom is 0.200 e. The second-order valence-electron chi connectivity index (χ2n) is 11.2. The van der Waals surface area contributed by atoms with Gasteiger partial charge in [-0.1, -0.05) is 24.3 Å². The largest absolute Gasteiger partial charge is 0.506 e. The lowest BCUT2D eigenvalue weighted by molar-refractivity contribution is 0.0405. The van der Waals surface area contributed by atoms with Crippen molar-refractivity contribution in [2.75, 3.05) is 77.5 Å². The number of hydrogen-bond acceptors (Lipinski definition) is 12. The number of aromatic hydroxyl groups is 2. The minimum atomic E-state index is -0.725. The molecule has 0 fully saturated rings. The summed E-state index contributed by atoms with van der Waals surface area (Å²) in [5.74, 6) is -1.14. The van der Waals surface area contributed by atoms with Gasteiger partial charge in [-0.15, -0.1) is 0 Å². The number of nitrogen functional groups attached to an aromatic ring is 2. The molecule has 0 bridgehead atoms. The molecule has 0 saturated heterocycles. The molecule has 0 saturated carbocycles. The van der Waals surface area contributed by atoms with Crippen molar-refractivity contribution < 1.29 is 48.2 Å². The molecular formula is C38H42N2O10. The Morgan fingerprint density at radius 2 is 0.840 bits per heavy atom. The normalized spacial score (nSPS) is 12.1. The minimum absolute atomic E-state index is 0.0342. The fraction of sp³-hybridized carbons (Fsp3) is 0.316. The van der Waals surface area contributed by atoms with Crippen LogP contribution in [0.25, 0.3) is 22.3 Å². The third kappa shape index (κ3) is 8.01. The maximum atomic E-state index is 13.9. The quantitative estimate of drug-likeness (QED) is 0.0536. The number of phenols is 2. The van der Waals surface area contributed by atoms with E-state index in [9.17, 15) is 19.8 Å². The van der Waals surface area contributed by atoms with Crippen LogP contribution in [0.4, 0.5) is 11.4 Å². The molecule has 0 aromatic heterocycles. The Balaban J connectivity index is 1.33. The summed E-state index contributed by atoms with van der Waals surface area (Å²) in [6.45, 7) is 8.55. The number of phenolic OH excluding ortho intramolecular Hbond substituents is 2. The van der Waals surface area contributed by atoms with Crippen molar-refractivity contribution >= 4 is 22.9 Å². The summed E-state index contributed by atoms with van der Waals surface area (Å²) in [7, 11) is 0. The van der Waals surface area contributed by atoms with Crippen LogP contribution in [0.1, 0.15) is 45.7 Å². The van der Waals surface area contributed by atoms with Crippen molar-refractivity contribution in [2.24, 2.45) is 0 Å². The summed E-state index contributed by atoms with van der Waals surface area (Å²) in [6, 6.07) is 16.5. The Kier molecular flexibility index (Phi) is 12.3. The maximum absolute atomic E-state index is 13.9. The molecule has 264 valence electrons. The third-order valence-corrected chi connectivity index (χ3v) is 8.04. The summed E-state index contributed by atoms with van der Waals surface area (Å²) in [5, 5.41) is 22.8. The average molecular weight is 687 g/mol. The number of benzene rings is 4. The molecule has 0 unspecified atom stereocenters. The number of hydrogen-bond donors (Lipinski definition) is 4. The van der Waals surface area contributed by atoms with Gasteiger partial charge in [0.05, 0.1) is 61.9 Å². The van der Waals surface area contributed by atoms with E-state index in [1.54, 1.807) is 48.5 Å². The Hall–Kier alpha value is -5.14. The minimum Gasteiger partial charge on any atom is -0.506 e. The molecule has 4 aromatic rings. The first kappa shape index (κ1) is 36.1. The molecule has 0 aliphatic heterocycles. The predicted molar refractivity (Wildman–Crippen MR) is 188 cm³/mol. The predicted octanol–water partition coefficient (Wildman–Crippen LogP) is 5.24. The van der Waals surface area contributed by atoms with E-state index in [2.05, 4.69) is 0 Å². The van der Waals surface area contributed by atoms with Gasteiger partial charge in [0, 0.05) is 35.7 Å². The van der Waals surface area contributed by atoms with Crippen LogP contribution in [0.5, 0.6) is 23.0 Å². The SMILES string of the molecule is CCOCCOCCOc1ccc(-c2cc(N)c3c(c2O)C(=O)c2c(N)cc(-c4ccc(OCCOCCOCC)cc4)c(O)c2C3=O)cc1. The van der Waals surface area contributed by atoms with Gasteiger partial charge in [-0.25, -0.2) is 0 Å². The second kappa shape index (κ2) is 17.0. The van der Waals surface area contributed by atoms with Crippen LogP contribution in [-0.4, -0.2) is 87.8 Å². The summed E-state index contributed by atoms with van der Waals surface area (Å²) < 4.78 is 32.8. The molecule has 12 nitrogen and oxygen atoms in total. The Labute approximate surface area is 290 Å². The zero-order chi connectivity index (χ0) is 35.6. The molecule has 5 rings (SSSR count). The van der Waals surface area contributed by atoms with Crippen molar-refractivity contribution in [1.82, 2.24) is 0 Å². The van der Waals surface area contributed by atoms with Crippen molar-refractivity contribution in [2.45, 2.75) is 13.8 Å². The van der Waals surface area contributed by atoms with Crippen molar-refractivity contribution in [3.8, 4) is 45.3 Å². The smallest absolute Gasteiger partial charge is 0.200 e. The first-order chi connectivity index (χ1) is 24.3. The highest BCUT2D eigenvalue weighted by atomic mass is 16.5. The monoisotopic (exact) mass is 686 g/mol. The summed E-state index contributed by atoms with van der Waals surface area (Å²) >= 11 is 0. The number of carbonyl (C=O) groups is 2. The van der Waals surface area contributed by atoms with Crippen LogP contribution in [0, 0.1) is 0 Å². The first-order valence-electron chi connectivity index (χ1n) is 16.4. The molecule has 50 heavy (non-hydrogen) atoms. The van der Waals surface area contributed by atoms with Crippen LogP contribution in [-0.2, 0) is 18.9 Å². The van der Waals surface area contributed by atoms with E-state index in [1.807, 2.05) is 13.8 Å². The van der Waals surface area contributed by atoms with Gasteiger partial charge in [-0.2, -0.15) is 0 Å². The fourth-order valence-corrected chi connectivity index (χ4v) is 5.64. The van der Waals surface area contributed by atoms with E-state index in [1.165, 1.54) is 12.1 Å². The van der Waals surface area contributed by atoms with Crippen molar-refractivity contribution in [3.05, 3.63) is 82.9 Å². The average Bonchev–Trinajstić information content (AvgIpc) is 3.12. The second-order valence-corrected chi connectivity index (χ2v) is 11.2. The van der Waals surface area contributed by atoms with Crippen LogP contribution >= 0.6 is 0 Å². The zero-order valence-electron chi connectivity index (χ0n) is 28.2. The van der Waals surface area contributed by atoms with E-state index < -0.39 is 23.1 Å². The fourth-order valence-electron chi connectivity index (χ4n) is 5.64. The lowest BCUT2D eigenvalue weighted by Gasteiger charge is -2.24. The molecule has 0 spiro atoms. The number of ketones is 2. The lowest BCUT2D eigenvalue weighted by Crippen LogP contribution is -2.24. The zero-order valence-corrected chi connectivity index (χ0v) is 28.2. The molecule has 6 N–H and O–H groups in total. The summed E-state index contributed by atoms with van der Waals surface area (Å²) in [4.78, 5) is 27.9. The van der Waals surface area contributed by atoms with Crippen LogP contribution in [0.15, 0.2) is 60.7 Å². The van der Waals surface area contributed by atoms with Gasteiger partial charge in [0.25, 0.3) is 0 Å². The topological polar surface area (TPSA) is 182 Å². The van der Waals surface area contributed by atoms with Crippen LogP contribution in [0.3, 0.4) is 0 Å². The van der Waals surface area contributed by atoms with Crippen molar-refractivity contribution in [1.29, 1.82) is 0 Å². The number of fused-ring (bicyclic) bond motifs is 2. The van der Waals surface area contributed by atoms with Gasteiger partial charge in [-0.05, 0) is 61.4 Å². The van der Waals surface area contributed by atoms with Crippen LogP contribution in [0.2, 0.25) is 0 Å². The van der Waals surface area contributed by atoms with E-state index in [0.717, 1.165) is 0 Å². The highest BCUT2D eigenvalue weighted by Gasteiger charge is 2.39. The number of nitrogens with two attached hydrogens (primary N) is 2.